The Balaban J connectivity index is 1.55. The van der Waals surface area contributed by atoms with Crippen LogP contribution in [-0.4, -0.2) is 39.5 Å². The van der Waals surface area contributed by atoms with Gasteiger partial charge in [0.25, 0.3) is 0 Å². The number of fused-ring (bicyclic) bond motifs is 3. The number of alkyl halides is 3. The van der Waals surface area contributed by atoms with Gasteiger partial charge in [-0.15, -0.1) is 10.2 Å². The second-order valence-electron chi connectivity index (χ2n) is 7.85. The first-order valence-corrected chi connectivity index (χ1v) is 9.77. The number of aromatic hydroxyl groups is 1. The number of ether oxygens (including phenoxy) is 1. The van der Waals surface area contributed by atoms with E-state index in [0.29, 0.717) is 40.2 Å². The highest BCUT2D eigenvalue weighted by Crippen LogP contribution is 2.40. The Morgan fingerprint density at radius 1 is 1.03 bits per heavy atom. The van der Waals surface area contributed by atoms with Crippen LogP contribution < -0.4 is 5.32 Å². The lowest BCUT2D eigenvalue weighted by atomic mass is 9.96. The molecule has 2 aliphatic rings. The molecule has 30 heavy (non-hydrogen) atoms. The van der Waals surface area contributed by atoms with Crippen LogP contribution in [0.4, 0.5) is 19.0 Å². The van der Waals surface area contributed by atoms with Gasteiger partial charge in [0.2, 0.25) is 0 Å². The summed E-state index contributed by atoms with van der Waals surface area (Å²) < 4.78 is 44.4. The van der Waals surface area contributed by atoms with Gasteiger partial charge in [0.1, 0.15) is 11.4 Å². The van der Waals surface area contributed by atoms with Crippen LogP contribution in [0.25, 0.3) is 22.0 Å². The lowest BCUT2D eigenvalue weighted by Gasteiger charge is -2.31. The summed E-state index contributed by atoms with van der Waals surface area (Å²) in [5.74, 6) is 0.907. The van der Waals surface area contributed by atoms with E-state index in [1.165, 1.54) is 6.07 Å². The van der Waals surface area contributed by atoms with Crippen LogP contribution in [0.15, 0.2) is 36.7 Å². The third kappa shape index (κ3) is 3.23. The van der Waals surface area contributed by atoms with E-state index in [4.69, 9.17) is 4.74 Å². The van der Waals surface area contributed by atoms with Gasteiger partial charge >= 0.3 is 6.18 Å². The molecule has 1 aliphatic heterocycles. The first kappa shape index (κ1) is 19.0. The number of benzene rings is 1. The normalized spacial score (nSPS) is 23.6. The molecule has 2 fully saturated rings. The summed E-state index contributed by atoms with van der Waals surface area (Å²) in [6, 6.07) is 4.81. The second-order valence-corrected chi connectivity index (χ2v) is 7.85. The fourth-order valence-corrected chi connectivity index (χ4v) is 4.52. The third-order valence-electron chi connectivity index (χ3n) is 6.05. The van der Waals surface area contributed by atoms with Crippen molar-refractivity contribution in [3.63, 3.8) is 0 Å². The average molecular weight is 416 g/mol. The Kier molecular flexibility index (Phi) is 4.50. The molecule has 1 saturated carbocycles. The maximum Gasteiger partial charge on any atom is 0.416 e. The lowest BCUT2D eigenvalue weighted by molar-refractivity contribution is -0.137. The average Bonchev–Trinajstić information content (AvgIpc) is 2.94. The van der Waals surface area contributed by atoms with Crippen LogP contribution in [0.3, 0.4) is 0 Å². The van der Waals surface area contributed by atoms with Crippen molar-refractivity contribution in [3.05, 3.63) is 42.2 Å². The monoisotopic (exact) mass is 416 g/mol. The quantitative estimate of drug-likeness (QED) is 0.664. The molecule has 156 valence electrons. The smallest absolute Gasteiger partial charge is 0.416 e. The molecule has 0 spiro atoms. The molecule has 0 radical (unpaired) electrons. The third-order valence-corrected chi connectivity index (χ3v) is 6.05. The molecule has 3 heterocycles. The number of anilines is 1. The Hall–Kier alpha value is -2.94. The molecule has 2 N–H and O–H groups in total. The van der Waals surface area contributed by atoms with E-state index in [0.717, 1.165) is 32.1 Å². The van der Waals surface area contributed by atoms with Crippen molar-refractivity contribution < 1.29 is 23.0 Å². The van der Waals surface area contributed by atoms with Gasteiger partial charge in [0, 0.05) is 46.6 Å². The van der Waals surface area contributed by atoms with E-state index >= 15 is 0 Å². The van der Waals surface area contributed by atoms with Crippen molar-refractivity contribution in [2.75, 3.05) is 18.5 Å². The van der Waals surface area contributed by atoms with Crippen molar-refractivity contribution in [2.45, 2.75) is 25.1 Å². The number of hydrogen-bond acceptors (Lipinski definition) is 6. The molecule has 1 unspecified atom stereocenters. The number of halogens is 3. The van der Waals surface area contributed by atoms with E-state index < -0.39 is 17.5 Å². The number of rotatable bonds is 3. The highest BCUT2D eigenvalue weighted by Gasteiger charge is 2.40. The van der Waals surface area contributed by atoms with Gasteiger partial charge in [-0.05, 0) is 37.1 Å². The van der Waals surface area contributed by atoms with Crippen LogP contribution >= 0.6 is 0 Å². The van der Waals surface area contributed by atoms with Crippen LogP contribution in [0.1, 0.15) is 18.4 Å². The van der Waals surface area contributed by atoms with Gasteiger partial charge in [0.15, 0.2) is 5.82 Å². The van der Waals surface area contributed by atoms with Crippen molar-refractivity contribution in [3.8, 4) is 17.0 Å². The van der Waals surface area contributed by atoms with Crippen molar-refractivity contribution in [1.82, 2.24) is 15.2 Å². The summed E-state index contributed by atoms with van der Waals surface area (Å²) in [4.78, 5) is 4.18. The summed E-state index contributed by atoms with van der Waals surface area (Å²) in [6.07, 6.45) is 0.895. The maximum absolute atomic E-state index is 12.9. The molecule has 9 heteroatoms. The summed E-state index contributed by atoms with van der Waals surface area (Å²) in [5, 5.41) is 23.7. The molecular formula is C21H19F3N4O2. The van der Waals surface area contributed by atoms with Crippen molar-refractivity contribution in [2.24, 2.45) is 11.8 Å². The standard InChI is InChI=1S/C21H19F3N4O2/c22-21(23,24)13-3-4-15(17(29)7-13)19-14-5-6-25-8-16(14)20(28-27-19)26-18-11-1-2-12(18)10-30-9-11/h3-8,11-12,18,29H,1-2,9-10H2,(H,26,28)/t11-,12+,18?. The number of phenols is 1. The van der Waals surface area contributed by atoms with E-state index in [2.05, 4.69) is 20.5 Å². The molecule has 5 rings (SSSR count). The van der Waals surface area contributed by atoms with Crippen molar-refractivity contribution in [1.29, 1.82) is 0 Å². The molecule has 3 aromatic rings. The zero-order chi connectivity index (χ0) is 20.9. The summed E-state index contributed by atoms with van der Waals surface area (Å²) in [6.45, 7) is 1.44. The van der Waals surface area contributed by atoms with Gasteiger partial charge in [-0.1, -0.05) is 0 Å². The molecule has 2 aromatic heterocycles. The predicted octanol–water partition coefficient (Wildman–Crippen LogP) is 4.25. The molecule has 3 atom stereocenters. The molecule has 2 bridgehead atoms. The largest absolute Gasteiger partial charge is 0.507 e. The topological polar surface area (TPSA) is 80.2 Å². The van der Waals surface area contributed by atoms with Gasteiger partial charge < -0.3 is 15.2 Å². The first-order valence-electron chi connectivity index (χ1n) is 9.77. The van der Waals surface area contributed by atoms with Crippen LogP contribution in [0, 0.1) is 11.8 Å². The Morgan fingerprint density at radius 2 is 1.80 bits per heavy atom. The fraction of sp³-hybridized carbons (Fsp3) is 0.381. The first-order chi connectivity index (χ1) is 14.4. The maximum atomic E-state index is 12.9. The lowest BCUT2D eigenvalue weighted by Crippen LogP contribution is -2.39. The Bertz CT molecular complexity index is 1090. The second kappa shape index (κ2) is 7.09. The fourth-order valence-electron chi connectivity index (χ4n) is 4.52. The van der Waals surface area contributed by atoms with Gasteiger partial charge in [-0.3, -0.25) is 4.98 Å². The van der Waals surface area contributed by atoms with Crippen molar-refractivity contribution >= 4 is 16.6 Å². The van der Waals surface area contributed by atoms with E-state index in [9.17, 15) is 18.3 Å². The SMILES string of the molecule is Oc1cc(C(F)(F)F)ccc1-c1nnc(NC2[C@@H]3CC[C@H]2COC3)c2cnccc12. The number of aromatic nitrogens is 3. The number of nitrogens with one attached hydrogen (secondary N) is 1. The minimum absolute atomic E-state index is 0.185. The van der Waals surface area contributed by atoms with Crippen LogP contribution in [-0.2, 0) is 10.9 Å². The molecule has 0 amide bonds. The number of nitrogens with zero attached hydrogens (tertiary/aromatic N) is 3. The van der Waals surface area contributed by atoms with E-state index in [-0.39, 0.29) is 11.6 Å². The highest BCUT2D eigenvalue weighted by atomic mass is 19.4. The predicted molar refractivity (Wildman–Crippen MR) is 104 cm³/mol. The molecule has 1 aliphatic carbocycles. The number of phenolic OH excluding ortho intramolecular Hbond substituents is 1. The summed E-state index contributed by atoms with van der Waals surface area (Å²) in [5.41, 5.74) is -0.431. The summed E-state index contributed by atoms with van der Waals surface area (Å²) in [7, 11) is 0. The minimum atomic E-state index is -4.54. The molecule has 1 aromatic carbocycles. The molecular weight excluding hydrogens is 397 g/mol. The molecule has 1 saturated heterocycles. The van der Waals surface area contributed by atoms with Gasteiger partial charge in [0.05, 0.1) is 18.8 Å². The molecule has 6 nitrogen and oxygen atoms in total. The minimum Gasteiger partial charge on any atom is -0.507 e. The van der Waals surface area contributed by atoms with Gasteiger partial charge in [-0.2, -0.15) is 13.2 Å². The Labute approximate surface area is 170 Å². The van der Waals surface area contributed by atoms with Gasteiger partial charge in [-0.25, -0.2) is 0 Å². The van der Waals surface area contributed by atoms with E-state index in [1.807, 2.05) is 0 Å². The van der Waals surface area contributed by atoms with E-state index in [1.54, 1.807) is 18.5 Å². The van der Waals surface area contributed by atoms with Crippen LogP contribution in [0.5, 0.6) is 5.75 Å². The summed E-state index contributed by atoms with van der Waals surface area (Å²) >= 11 is 0. The number of hydrogen-bond donors (Lipinski definition) is 2. The zero-order valence-electron chi connectivity index (χ0n) is 15.9. The number of pyridine rings is 1. The zero-order valence-corrected chi connectivity index (χ0v) is 15.9. The highest BCUT2D eigenvalue weighted by molar-refractivity contribution is 6.00. The Morgan fingerprint density at radius 3 is 2.50 bits per heavy atom. The van der Waals surface area contributed by atoms with Crippen LogP contribution in [0.2, 0.25) is 0 Å².